The molecule has 0 aromatic carbocycles. The van der Waals surface area contributed by atoms with E-state index in [0.717, 1.165) is 6.26 Å². The molecule has 0 aliphatic carbocycles. The molecule has 2 aromatic rings. The molecule has 0 N–H and O–H groups in total. The number of amides is 1. The molecule has 0 saturated carbocycles. The molecule has 0 spiro atoms. The molecule has 124 valence electrons. The Hall–Kier alpha value is -1.93. The molecule has 23 heavy (non-hydrogen) atoms. The Labute approximate surface area is 134 Å². The lowest BCUT2D eigenvalue weighted by atomic mass is 10.2. The first-order chi connectivity index (χ1) is 10.8. The summed E-state index contributed by atoms with van der Waals surface area (Å²) in [7, 11) is -3.54. The first kappa shape index (κ1) is 15.9. The molecule has 2 aromatic heterocycles. The molecular weight excluding hydrogens is 318 g/mol. The first-order valence-corrected chi connectivity index (χ1v) is 9.28. The van der Waals surface area contributed by atoms with Gasteiger partial charge in [-0.05, 0) is 26.0 Å². The molecule has 1 amide bonds. The van der Waals surface area contributed by atoms with Crippen molar-refractivity contribution in [3.8, 4) is 0 Å². The minimum atomic E-state index is -3.54. The summed E-state index contributed by atoms with van der Waals surface area (Å²) in [6.45, 7) is 4.73. The molecule has 2 atom stereocenters. The molecule has 0 unspecified atom stereocenters. The molecule has 1 aliphatic heterocycles. The van der Waals surface area contributed by atoms with E-state index in [1.54, 1.807) is 29.3 Å². The van der Waals surface area contributed by atoms with Crippen molar-refractivity contribution in [3.63, 3.8) is 0 Å². The number of carbonyl (C=O) groups is 1. The quantitative estimate of drug-likeness (QED) is 0.816. The first-order valence-electron chi connectivity index (χ1n) is 7.39. The second kappa shape index (κ2) is 5.61. The van der Waals surface area contributed by atoms with Crippen LogP contribution in [-0.4, -0.2) is 60.2 Å². The van der Waals surface area contributed by atoms with Crippen LogP contribution in [0, 0.1) is 0 Å². The highest BCUT2D eigenvalue weighted by molar-refractivity contribution is 7.90. The summed E-state index contributed by atoms with van der Waals surface area (Å²) in [6.07, 6.45) is 2.55. The fourth-order valence-corrected chi connectivity index (χ4v) is 3.70. The predicted octanol–water partition coefficient (Wildman–Crippen LogP) is 0.987. The maximum absolute atomic E-state index is 12.8. The summed E-state index contributed by atoms with van der Waals surface area (Å²) in [6, 6.07) is 5.16. The van der Waals surface area contributed by atoms with Crippen molar-refractivity contribution in [2.75, 3.05) is 19.3 Å². The number of hydrogen-bond donors (Lipinski definition) is 0. The van der Waals surface area contributed by atoms with E-state index in [-0.39, 0.29) is 29.0 Å². The lowest BCUT2D eigenvalue weighted by molar-refractivity contribution is -0.0587. The maximum atomic E-state index is 12.8. The number of carbonyl (C=O) groups excluding carboxylic acids is 1. The Morgan fingerprint density at radius 3 is 2.52 bits per heavy atom. The van der Waals surface area contributed by atoms with E-state index >= 15 is 0 Å². The third-order valence-electron chi connectivity index (χ3n) is 3.76. The molecule has 7 nitrogen and oxygen atoms in total. The molecule has 1 aliphatic rings. The van der Waals surface area contributed by atoms with Gasteiger partial charge in [0.05, 0.1) is 17.7 Å². The SMILES string of the molecule is C[C@H]1CN(C(=O)c2nc(S(C)(=O)=O)n3ccccc23)C[C@H](C)O1. The van der Waals surface area contributed by atoms with Gasteiger partial charge >= 0.3 is 0 Å². The largest absolute Gasteiger partial charge is 0.372 e. The topological polar surface area (TPSA) is 81.0 Å². The average molecular weight is 337 g/mol. The van der Waals surface area contributed by atoms with Gasteiger partial charge < -0.3 is 9.64 Å². The summed E-state index contributed by atoms with van der Waals surface area (Å²) in [5.74, 6) is -0.273. The zero-order valence-corrected chi connectivity index (χ0v) is 14.1. The van der Waals surface area contributed by atoms with Crippen molar-refractivity contribution in [2.24, 2.45) is 0 Å². The predicted molar refractivity (Wildman–Crippen MR) is 84.2 cm³/mol. The number of fused-ring (bicyclic) bond motifs is 1. The monoisotopic (exact) mass is 337 g/mol. The third kappa shape index (κ3) is 2.96. The fraction of sp³-hybridized carbons (Fsp3) is 0.467. The van der Waals surface area contributed by atoms with Crippen LogP contribution in [0.2, 0.25) is 0 Å². The maximum Gasteiger partial charge on any atom is 0.274 e. The van der Waals surface area contributed by atoms with Gasteiger partial charge in [-0.3, -0.25) is 9.20 Å². The molecule has 3 rings (SSSR count). The minimum absolute atomic E-state index is 0.0639. The fourth-order valence-electron chi connectivity index (χ4n) is 2.92. The second-order valence-corrected chi connectivity index (χ2v) is 7.85. The molecule has 0 bridgehead atoms. The number of ether oxygens (including phenoxy) is 1. The number of morpholine rings is 1. The van der Waals surface area contributed by atoms with Crippen molar-refractivity contribution in [1.29, 1.82) is 0 Å². The van der Waals surface area contributed by atoms with Crippen LogP contribution in [0.15, 0.2) is 29.6 Å². The molecule has 3 heterocycles. The molecule has 1 fully saturated rings. The van der Waals surface area contributed by atoms with Gasteiger partial charge in [0.2, 0.25) is 15.0 Å². The lowest BCUT2D eigenvalue weighted by Crippen LogP contribution is -2.48. The van der Waals surface area contributed by atoms with Crippen LogP contribution in [0.3, 0.4) is 0 Å². The van der Waals surface area contributed by atoms with Gasteiger partial charge in [0.15, 0.2) is 5.69 Å². The average Bonchev–Trinajstić information content (AvgIpc) is 2.85. The number of pyridine rings is 1. The van der Waals surface area contributed by atoms with Crippen LogP contribution in [0.25, 0.3) is 5.52 Å². The van der Waals surface area contributed by atoms with Crippen LogP contribution in [0.5, 0.6) is 0 Å². The van der Waals surface area contributed by atoms with E-state index in [1.807, 2.05) is 13.8 Å². The molecular formula is C15H19N3O4S. The smallest absolute Gasteiger partial charge is 0.274 e. The van der Waals surface area contributed by atoms with E-state index < -0.39 is 9.84 Å². The van der Waals surface area contributed by atoms with Crippen molar-refractivity contribution in [3.05, 3.63) is 30.1 Å². The van der Waals surface area contributed by atoms with Gasteiger partial charge in [-0.1, -0.05) is 6.07 Å². The zero-order valence-electron chi connectivity index (χ0n) is 13.3. The lowest BCUT2D eigenvalue weighted by Gasteiger charge is -2.34. The van der Waals surface area contributed by atoms with Crippen molar-refractivity contribution >= 4 is 21.3 Å². The number of hydrogen-bond acceptors (Lipinski definition) is 5. The van der Waals surface area contributed by atoms with Crippen LogP contribution in [-0.2, 0) is 14.6 Å². The van der Waals surface area contributed by atoms with Gasteiger partial charge in [-0.15, -0.1) is 0 Å². The Balaban J connectivity index is 2.08. The van der Waals surface area contributed by atoms with Crippen LogP contribution < -0.4 is 0 Å². The van der Waals surface area contributed by atoms with Crippen LogP contribution >= 0.6 is 0 Å². The van der Waals surface area contributed by atoms with E-state index in [4.69, 9.17) is 4.74 Å². The molecule has 8 heteroatoms. The Morgan fingerprint density at radius 2 is 1.91 bits per heavy atom. The van der Waals surface area contributed by atoms with E-state index in [2.05, 4.69) is 4.98 Å². The number of aromatic nitrogens is 2. The highest BCUT2D eigenvalue weighted by Crippen LogP contribution is 2.20. The van der Waals surface area contributed by atoms with Gasteiger partial charge in [0.1, 0.15) is 0 Å². The zero-order chi connectivity index (χ0) is 16.8. The standard InChI is InChI=1S/C15H19N3O4S/c1-10-8-17(9-11(2)22-10)14(19)13-12-6-4-5-7-18(12)15(16-13)23(3,20)21/h4-7,10-11H,8-9H2,1-3H3/t10-,11-/m0/s1. The summed E-state index contributed by atoms with van der Waals surface area (Å²) >= 11 is 0. The number of nitrogens with zero attached hydrogens (tertiary/aromatic N) is 3. The number of imidazole rings is 1. The van der Waals surface area contributed by atoms with Crippen LogP contribution in [0.1, 0.15) is 24.3 Å². The van der Waals surface area contributed by atoms with Gasteiger partial charge in [0.25, 0.3) is 5.91 Å². The highest BCUT2D eigenvalue weighted by atomic mass is 32.2. The summed E-state index contributed by atoms with van der Waals surface area (Å²) in [5, 5.41) is -0.120. The molecule has 1 saturated heterocycles. The number of rotatable bonds is 2. The van der Waals surface area contributed by atoms with Crippen LogP contribution in [0.4, 0.5) is 0 Å². The van der Waals surface area contributed by atoms with Gasteiger partial charge in [-0.2, -0.15) is 0 Å². The minimum Gasteiger partial charge on any atom is -0.372 e. The second-order valence-electron chi connectivity index (χ2n) is 5.94. The van der Waals surface area contributed by atoms with E-state index in [1.165, 1.54) is 4.40 Å². The highest BCUT2D eigenvalue weighted by Gasteiger charge is 2.30. The summed E-state index contributed by atoms with van der Waals surface area (Å²) < 4.78 is 30.9. The number of sulfone groups is 1. The van der Waals surface area contributed by atoms with Gasteiger partial charge in [0, 0.05) is 25.5 Å². The van der Waals surface area contributed by atoms with Crippen molar-refractivity contribution in [2.45, 2.75) is 31.2 Å². The summed E-state index contributed by atoms with van der Waals surface area (Å²) in [5.41, 5.74) is 0.650. The summed E-state index contributed by atoms with van der Waals surface area (Å²) in [4.78, 5) is 18.6. The normalized spacial score (nSPS) is 22.5. The third-order valence-corrected chi connectivity index (χ3v) is 4.71. The van der Waals surface area contributed by atoms with E-state index in [9.17, 15) is 13.2 Å². The van der Waals surface area contributed by atoms with Gasteiger partial charge in [-0.25, -0.2) is 13.4 Å². The Bertz CT molecular complexity index is 849. The Kier molecular flexibility index (Phi) is 3.89. The Morgan fingerprint density at radius 1 is 1.26 bits per heavy atom. The van der Waals surface area contributed by atoms with E-state index in [0.29, 0.717) is 18.6 Å². The molecule has 0 radical (unpaired) electrons. The van der Waals surface area contributed by atoms with Crippen molar-refractivity contribution in [1.82, 2.24) is 14.3 Å². The van der Waals surface area contributed by atoms with Crippen molar-refractivity contribution < 1.29 is 17.9 Å².